The predicted molar refractivity (Wildman–Crippen MR) is 104 cm³/mol. The first-order valence-corrected chi connectivity index (χ1v) is 10.0. The van der Waals surface area contributed by atoms with Crippen molar-refractivity contribution in [1.29, 1.82) is 0 Å². The lowest BCUT2D eigenvalue weighted by Crippen LogP contribution is -2.49. The van der Waals surface area contributed by atoms with Gasteiger partial charge in [-0.25, -0.2) is 8.78 Å². The van der Waals surface area contributed by atoms with Crippen LogP contribution in [0.3, 0.4) is 0 Å². The second kappa shape index (κ2) is 9.17. The lowest BCUT2D eigenvalue weighted by atomic mass is 10.1. The van der Waals surface area contributed by atoms with E-state index in [0.29, 0.717) is 31.8 Å². The van der Waals surface area contributed by atoms with Crippen molar-refractivity contribution in [2.45, 2.75) is 38.8 Å². The second-order valence-electron chi connectivity index (χ2n) is 7.88. The SMILES string of the molecule is CC(C)N1CCN(c2c(F)cc(OCCN3CCC(N)CC3)cc2F)CC1. The van der Waals surface area contributed by atoms with Gasteiger partial charge in [-0.3, -0.25) is 9.80 Å². The monoisotopic (exact) mass is 382 g/mol. The molecule has 0 radical (unpaired) electrons. The Hall–Kier alpha value is -1.44. The zero-order valence-electron chi connectivity index (χ0n) is 16.5. The Morgan fingerprint density at radius 3 is 2.19 bits per heavy atom. The van der Waals surface area contributed by atoms with Gasteiger partial charge in [0.1, 0.15) is 18.0 Å². The third-order valence-corrected chi connectivity index (χ3v) is 5.66. The number of benzene rings is 1. The Labute approximate surface area is 161 Å². The minimum absolute atomic E-state index is 0.0655. The number of nitrogens with zero attached hydrogens (tertiary/aromatic N) is 3. The number of rotatable bonds is 6. The van der Waals surface area contributed by atoms with E-state index in [1.54, 1.807) is 4.90 Å². The average molecular weight is 382 g/mol. The quantitative estimate of drug-likeness (QED) is 0.818. The van der Waals surface area contributed by atoms with Crippen LogP contribution in [0.15, 0.2) is 12.1 Å². The van der Waals surface area contributed by atoms with Gasteiger partial charge in [-0.15, -0.1) is 0 Å². The summed E-state index contributed by atoms with van der Waals surface area (Å²) in [6.45, 7) is 10.2. The van der Waals surface area contributed by atoms with Crippen molar-refractivity contribution in [3.05, 3.63) is 23.8 Å². The predicted octanol–water partition coefficient (Wildman–Crippen LogP) is 2.30. The summed E-state index contributed by atoms with van der Waals surface area (Å²) in [5.74, 6) is -0.845. The van der Waals surface area contributed by atoms with Gasteiger partial charge in [0.05, 0.1) is 0 Å². The summed E-state index contributed by atoms with van der Waals surface area (Å²) in [6.07, 6.45) is 1.98. The molecule has 1 aromatic rings. The molecule has 0 aliphatic carbocycles. The van der Waals surface area contributed by atoms with Gasteiger partial charge in [0.2, 0.25) is 0 Å². The molecule has 152 valence electrons. The maximum atomic E-state index is 14.6. The molecule has 0 saturated carbocycles. The summed E-state index contributed by atoms with van der Waals surface area (Å²) in [4.78, 5) is 6.39. The van der Waals surface area contributed by atoms with E-state index in [1.807, 2.05) is 0 Å². The van der Waals surface area contributed by atoms with Gasteiger partial charge < -0.3 is 15.4 Å². The van der Waals surface area contributed by atoms with Crippen LogP contribution in [0.2, 0.25) is 0 Å². The average Bonchev–Trinajstić information content (AvgIpc) is 2.63. The molecular weight excluding hydrogens is 350 g/mol. The Bertz CT molecular complexity index is 589. The van der Waals surface area contributed by atoms with Crippen LogP contribution in [0.4, 0.5) is 14.5 Å². The number of ether oxygens (including phenoxy) is 1. The van der Waals surface area contributed by atoms with E-state index in [9.17, 15) is 8.78 Å². The summed E-state index contributed by atoms with van der Waals surface area (Å²) < 4.78 is 34.8. The van der Waals surface area contributed by atoms with Crippen molar-refractivity contribution < 1.29 is 13.5 Å². The van der Waals surface area contributed by atoms with E-state index < -0.39 is 11.6 Å². The molecule has 0 unspecified atom stereocenters. The van der Waals surface area contributed by atoms with Crippen molar-refractivity contribution >= 4 is 5.69 Å². The largest absolute Gasteiger partial charge is 0.492 e. The molecule has 2 heterocycles. The molecule has 1 aromatic carbocycles. The lowest BCUT2D eigenvalue weighted by molar-refractivity contribution is 0.173. The summed E-state index contributed by atoms with van der Waals surface area (Å²) in [7, 11) is 0. The number of anilines is 1. The standard InChI is InChI=1S/C20H32F2N4O/c1-15(2)25-7-9-26(10-8-25)20-18(21)13-17(14-19(20)22)27-12-11-24-5-3-16(23)4-6-24/h13-16H,3-12,23H2,1-2H3. The van der Waals surface area contributed by atoms with Gasteiger partial charge in [0.25, 0.3) is 0 Å². The number of halogens is 2. The first-order valence-electron chi connectivity index (χ1n) is 10.0. The molecule has 27 heavy (non-hydrogen) atoms. The third kappa shape index (κ3) is 5.30. The normalized spacial score (nSPS) is 20.4. The molecule has 2 fully saturated rings. The first-order chi connectivity index (χ1) is 12.9. The van der Waals surface area contributed by atoms with Crippen LogP contribution >= 0.6 is 0 Å². The van der Waals surface area contributed by atoms with Crippen molar-refractivity contribution in [3.63, 3.8) is 0 Å². The highest BCUT2D eigenvalue weighted by atomic mass is 19.1. The molecule has 2 aliphatic rings. The fraction of sp³-hybridized carbons (Fsp3) is 0.700. The van der Waals surface area contributed by atoms with E-state index in [0.717, 1.165) is 45.6 Å². The molecule has 0 bridgehead atoms. The number of nitrogens with two attached hydrogens (primary N) is 1. The Morgan fingerprint density at radius 1 is 1.04 bits per heavy atom. The van der Waals surface area contributed by atoms with Crippen LogP contribution in [0.5, 0.6) is 5.75 Å². The van der Waals surface area contributed by atoms with E-state index >= 15 is 0 Å². The number of piperazine rings is 1. The van der Waals surface area contributed by atoms with Gasteiger partial charge in [-0.2, -0.15) is 0 Å². The van der Waals surface area contributed by atoms with Crippen LogP contribution in [0.25, 0.3) is 0 Å². The fourth-order valence-electron chi connectivity index (χ4n) is 3.86. The zero-order chi connectivity index (χ0) is 19.4. The number of hydrogen-bond acceptors (Lipinski definition) is 5. The summed E-state index contributed by atoms with van der Waals surface area (Å²) >= 11 is 0. The molecule has 2 aliphatic heterocycles. The molecule has 0 atom stereocenters. The summed E-state index contributed by atoms with van der Waals surface area (Å²) in [5, 5.41) is 0. The first kappa shape index (κ1) is 20.3. The molecule has 3 rings (SSSR count). The number of piperidine rings is 1. The summed E-state index contributed by atoms with van der Waals surface area (Å²) in [5.41, 5.74) is 5.97. The molecule has 7 heteroatoms. The third-order valence-electron chi connectivity index (χ3n) is 5.66. The summed E-state index contributed by atoms with van der Waals surface area (Å²) in [6, 6.07) is 3.35. The molecule has 2 N–H and O–H groups in total. The smallest absolute Gasteiger partial charge is 0.153 e. The number of hydrogen-bond donors (Lipinski definition) is 1. The van der Waals surface area contributed by atoms with Gasteiger partial charge in [0, 0.05) is 56.9 Å². The molecule has 5 nitrogen and oxygen atoms in total. The molecule has 2 saturated heterocycles. The maximum Gasteiger partial charge on any atom is 0.153 e. The molecule has 0 aromatic heterocycles. The van der Waals surface area contributed by atoms with Crippen molar-refractivity contribution in [1.82, 2.24) is 9.80 Å². The molecular formula is C20H32F2N4O. The zero-order valence-corrected chi connectivity index (χ0v) is 16.5. The van der Waals surface area contributed by atoms with Crippen LogP contribution in [0.1, 0.15) is 26.7 Å². The minimum Gasteiger partial charge on any atom is -0.492 e. The van der Waals surface area contributed by atoms with E-state index in [1.165, 1.54) is 12.1 Å². The molecule has 0 amide bonds. The van der Waals surface area contributed by atoms with Gasteiger partial charge >= 0.3 is 0 Å². The maximum absolute atomic E-state index is 14.6. The van der Waals surface area contributed by atoms with Crippen LogP contribution in [-0.2, 0) is 0 Å². The second-order valence-corrected chi connectivity index (χ2v) is 7.88. The van der Waals surface area contributed by atoms with Crippen LogP contribution in [0, 0.1) is 11.6 Å². The van der Waals surface area contributed by atoms with Gasteiger partial charge in [-0.05, 0) is 39.8 Å². The fourth-order valence-corrected chi connectivity index (χ4v) is 3.86. The minimum atomic E-state index is -0.549. The van der Waals surface area contributed by atoms with E-state index in [2.05, 4.69) is 23.6 Å². The van der Waals surface area contributed by atoms with E-state index in [-0.39, 0.29) is 11.4 Å². The highest BCUT2D eigenvalue weighted by Gasteiger charge is 2.24. The van der Waals surface area contributed by atoms with Crippen molar-refractivity contribution in [3.8, 4) is 5.75 Å². The highest BCUT2D eigenvalue weighted by molar-refractivity contribution is 5.52. The van der Waals surface area contributed by atoms with Crippen LogP contribution in [-0.4, -0.2) is 74.3 Å². The Kier molecular flexibility index (Phi) is 6.89. The Morgan fingerprint density at radius 2 is 1.63 bits per heavy atom. The lowest BCUT2D eigenvalue weighted by Gasteiger charge is -2.38. The van der Waals surface area contributed by atoms with Gasteiger partial charge in [-0.1, -0.05) is 0 Å². The topological polar surface area (TPSA) is 45.0 Å². The number of likely N-dealkylation sites (tertiary alicyclic amines) is 1. The van der Waals surface area contributed by atoms with Crippen molar-refractivity contribution in [2.75, 3.05) is 57.3 Å². The van der Waals surface area contributed by atoms with Gasteiger partial charge in [0.15, 0.2) is 11.6 Å². The molecule has 0 spiro atoms. The Balaban J connectivity index is 1.54. The van der Waals surface area contributed by atoms with Crippen molar-refractivity contribution in [2.24, 2.45) is 5.73 Å². The van der Waals surface area contributed by atoms with E-state index in [4.69, 9.17) is 10.5 Å². The highest BCUT2D eigenvalue weighted by Crippen LogP contribution is 2.29. The van der Waals surface area contributed by atoms with Crippen LogP contribution < -0.4 is 15.4 Å².